The van der Waals surface area contributed by atoms with E-state index in [4.69, 9.17) is 4.42 Å². The van der Waals surface area contributed by atoms with Gasteiger partial charge in [0, 0.05) is 13.6 Å². The Morgan fingerprint density at radius 2 is 1.84 bits per heavy atom. The van der Waals surface area contributed by atoms with Gasteiger partial charge in [0.2, 0.25) is 5.91 Å². The van der Waals surface area contributed by atoms with Crippen LogP contribution in [0, 0.1) is 0 Å². The highest BCUT2D eigenvalue weighted by Gasteiger charge is 2.14. The molecule has 0 saturated carbocycles. The van der Waals surface area contributed by atoms with Gasteiger partial charge in [-0.25, -0.2) is 0 Å². The fourth-order valence-electron chi connectivity index (χ4n) is 2.51. The predicted molar refractivity (Wildman–Crippen MR) is 99.2 cm³/mol. The molecule has 0 aliphatic heterocycles. The van der Waals surface area contributed by atoms with Crippen LogP contribution in [0.4, 0.5) is 0 Å². The molecular weight excluding hydrogens is 384 g/mol. The third-order valence-electron chi connectivity index (χ3n) is 3.86. The Hall–Kier alpha value is -2.60. The van der Waals surface area contributed by atoms with Crippen LogP contribution in [-0.2, 0) is 11.3 Å². The molecule has 0 radical (unpaired) electrons. The Kier molecular flexibility index (Phi) is 5.19. The minimum Gasteiger partial charge on any atom is -0.444 e. The maximum Gasteiger partial charge on any atom is 0.287 e. The van der Waals surface area contributed by atoms with Gasteiger partial charge in [0.05, 0.1) is 6.54 Å². The number of carbonyl (C=O) groups is 2. The largest absolute Gasteiger partial charge is 0.444 e. The van der Waals surface area contributed by atoms with E-state index in [1.807, 2.05) is 30.3 Å². The molecule has 6 heteroatoms. The molecule has 0 aliphatic carbocycles. The summed E-state index contributed by atoms with van der Waals surface area (Å²) in [6.07, 6.45) is 0. The lowest BCUT2D eigenvalue weighted by Crippen LogP contribution is -2.37. The van der Waals surface area contributed by atoms with Crippen LogP contribution in [0.2, 0.25) is 0 Å². The molecule has 0 saturated heterocycles. The lowest BCUT2D eigenvalue weighted by Gasteiger charge is -2.17. The third-order valence-corrected chi connectivity index (χ3v) is 4.28. The topological polar surface area (TPSA) is 62.6 Å². The van der Waals surface area contributed by atoms with Crippen LogP contribution in [0.3, 0.4) is 0 Å². The number of fused-ring (bicyclic) bond motifs is 1. The lowest BCUT2D eigenvalue weighted by molar-refractivity contribution is -0.129. The summed E-state index contributed by atoms with van der Waals surface area (Å²) in [5.74, 6) is -0.429. The summed E-state index contributed by atoms with van der Waals surface area (Å²) in [4.78, 5) is 25.7. The second-order valence-electron chi connectivity index (χ2n) is 5.72. The molecule has 5 nitrogen and oxygen atoms in total. The number of hydrogen-bond donors (Lipinski definition) is 1. The molecule has 1 aromatic heterocycles. The summed E-state index contributed by atoms with van der Waals surface area (Å²) < 4.78 is 5.62. The Morgan fingerprint density at radius 3 is 2.56 bits per heavy atom. The van der Waals surface area contributed by atoms with Crippen LogP contribution in [-0.4, -0.2) is 30.3 Å². The van der Waals surface area contributed by atoms with Gasteiger partial charge in [-0.15, -0.1) is 0 Å². The lowest BCUT2D eigenvalue weighted by atomic mass is 10.1. The molecule has 1 N–H and O–H groups in total. The molecule has 0 aliphatic rings. The van der Waals surface area contributed by atoms with Gasteiger partial charge in [0.15, 0.2) is 10.4 Å². The molecule has 2 aromatic carbocycles. The molecule has 0 atom stereocenters. The Bertz CT molecular complexity index is 920. The number of hydrogen-bond acceptors (Lipinski definition) is 3. The summed E-state index contributed by atoms with van der Waals surface area (Å²) in [7, 11) is 1.72. The van der Waals surface area contributed by atoms with Gasteiger partial charge in [-0.2, -0.15) is 0 Å². The summed E-state index contributed by atoms with van der Waals surface area (Å²) in [6.45, 7) is 0.396. The highest BCUT2D eigenvalue weighted by Crippen LogP contribution is 2.17. The molecule has 0 bridgehead atoms. The van der Waals surface area contributed by atoms with E-state index in [0.717, 1.165) is 16.3 Å². The maximum atomic E-state index is 12.2. The van der Waals surface area contributed by atoms with Gasteiger partial charge in [-0.3, -0.25) is 9.59 Å². The van der Waals surface area contributed by atoms with Crippen LogP contribution in [0.15, 0.2) is 63.7 Å². The molecule has 0 spiro atoms. The number of benzene rings is 2. The van der Waals surface area contributed by atoms with E-state index in [2.05, 4.69) is 33.4 Å². The van der Waals surface area contributed by atoms with E-state index in [0.29, 0.717) is 11.2 Å². The van der Waals surface area contributed by atoms with E-state index in [1.165, 1.54) is 0 Å². The summed E-state index contributed by atoms with van der Waals surface area (Å²) >= 11 is 3.14. The SMILES string of the molecule is CN(Cc1ccc2ccccc2c1)C(=O)CNC(=O)c1ccc(Br)o1. The van der Waals surface area contributed by atoms with Crippen molar-refractivity contribution in [2.24, 2.45) is 0 Å². The van der Waals surface area contributed by atoms with Crippen molar-refractivity contribution in [3.8, 4) is 0 Å². The number of nitrogens with zero attached hydrogens (tertiary/aromatic N) is 1. The summed E-state index contributed by atoms with van der Waals surface area (Å²) in [5, 5.41) is 4.86. The Balaban J connectivity index is 1.57. The molecular formula is C19H17BrN2O3. The van der Waals surface area contributed by atoms with Crippen LogP contribution < -0.4 is 5.32 Å². The molecule has 25 heavy (non-hydrogen) atoms. The molecule has 3 aromatic rings. The van der Waals surface area contributed by atoms with Crippen LogP contribution in [0.1, 0.15) is 16.1 Å². The van der Waals surface area contributed by atoms with Gasteiger partial charge in [0.25, 0.3) is 5.91 Å². The number of furan rings is 1. The van der Waals surface area contributed by atoms with E-state index >= 15 is 0 Å². The fraction of sp³-hybridized carbons (Fsp3) is 0.158. The zero-order chi connectivity index (χ0) is 17.8. The molecule has 3 rings (SSSR count). The first kappa shape index (κ1) is 17.2. The first-order valence-corrected chi connectivity index (χ1v) is 8.57. The number of amides is 2. The quantitative estimate of drug-likeness (QED) is 0.711. The first-order chi connectivity index (χ1) is 12.0. The zero-order valence-corrected chi connectivity index (χ0v) is 15.2. The van der Waals surface area contributed by atoms with Crippen LogP contribution in [0.5, 0.6) is 0 Å². The molecule has 2 amide bonds. The Labute approximate surface area is 153 Å². The van der Waals surface area contributed by atoms with Crippen molar-refractivity contribution in [3.05, 3.63) is 70.6 Å². The van der Waals surface area contributed by atoms with Crippen LogP contribution in [0.25, 0.3) is 10.8 Å². The third kappa shape index (κ3) is 4.28. The molecule has 0 unspecified atom stereocenters. The number of halogens is 1. The smallest absolute Gasteiger partial charge is 0.287 e. The van der Waals surface area contributed by atoms with Crippen molar-refractivity contribution in [2.75, 3.05) is 13.6 Å². The zero-order valence-electron chi connectivity index (χ0n) is 13.7. The van der Waals surface area contributed by atoms with E-state index in [1.54, 1.807) is 24.1 Å². The standard InChI is InChI=1S/C19H17BrN2O3/c1-22(12-13-6-7-14-4-2-3-5-15(14)10-13)18(23)11-21-19(24)16-8-9-17(20)25-16/h2-10H,11-12H2,1H3,(H,21,24). The van der Waals surface area contributed by atoms with Gasteiger partial charge in [-0.05, 0) is 50.5 Å². The van der Waals surface area contributed by atoms with Gasteiger partial charge in [-0.1, -0.05) is 36.4 Å². The normalized spacial score (nSPS) is 10.6. The second kappa shape index (κ2) is 7.53. The maximum absolute atomic E-state index is 12.2. The average molecular weight is 401 g/mol. The first-order valence-electron chi connectivity index (χ1n) is 7.78. The number of nitrogens with one attached hydrogen (secondary N) is 1. The highest BCUT2D eigenvalue weighted by atomic mass is 79.9. The van der Waals surface area contributed by atoms with E-state index in [9.17, 15) is 9.59 Å². The minimum absolute atomic E-state index is 0.0821. The van der Waals surface area contributed by atoms with Crippen molar-refractivity contribution >= 4 is 38.5 Å². The Morgan fingerprint density at radius 1 is 1.08 bits per heavy atom. The van der Waals surface area contributed by atoms with Crippen molar-refractivity contribution in [1.29, 1.82) is 0 Å². The second-order valence-corrected chi connectivity index (χ2v) is 6.50. The number of rotatable bonds is 5. The fourth-order valence-corrected chi connectivity index (χ4v) is 2.82. The molecule has 128 valence electrons. The number of carbonyl (C=O) groups excluding carboxylic acids is 2. The van der Waals surface area contributed by atoms with E-state index < -0.39 is 5.91 Å². The molecule has 1 heterocycles. The summed E-state index contributed by atoms with van der Waals surface area (Å²) in [5.41, 5.74) is 1.04. The van der Waals surface area contributed by atoms with Gasteiger partial charge in [0.1, 0.15) is 0 Å². The minimum atomic E-state index is -0.418. The molecule has 0 fully saturated rings. The number of likely N-dealkylation sites (N-methyl/N-ethyl adjacent to an activating group) is 1. The van der Waals surface area contributed by atoms with E-state index in [-0.39, 0.29) is 18.2 Å². The van der Waals surface area contributed by atoms with Crippen molar-refractivity contribution in [3.63, 3.8) is 0 Å². The average Bonchev–Trinajstić information content (AvgIpc) is 3.05. The monoisotopic (exact) mass is 400 g/mol. The summed E-state index contributed by atoms with van der Waals surface area (Å²) in [6, 6.07) is 17.4. The predicted octanol–water partition coefficient (Wildman–Crippen LogP) is 3.58. The van der Waals surface area contributed by atoms with Gasteiger partial charge < -0.3 is 14.6 Å². The van der Waals surface area contributed by atoms with Crippen molar-refractivity contribution in [2.45, 2.75) is 6.54 Å². The van der Waals surface area contributed by atoms with Gasteiger partial charge >= 0.3 is 0 Å². The highest BCUT2D eigenvalue weighted by molar-refractivity contribution is 9.10. The van der Waals surface area contributed by atoms with Crippen molar-refractivity contribution in [1.82, 2.24) is 10.2 Å². The van der Waals surface area contributed by atoms with Crippen LogP contribution >= 0.6 is 15.9 Å². The van der Waals surface area contributed by atoms with Crippen molar-refractivity contribution < 1.29 is 14.0 Å².